The highest BCUT2D eigenvalue weighted by Crippen LogP contribution is 2.09. The van der Waals surface area contributed by atoms with E-state index in [-0.39, 0.29) is 6.10 Å². The van der Waals surface area contributed by atoms with E-state index in [2.05, 4.69) is 18.4 Å². The molecule has 11 heavy (non-hydrogen) atoms. The summed E-state index contributed by atoms with van der Waals surface area (Å²) in [5.41, 5.74) is 0. The minimum atomic E-state index is 0.288. The van der Waals surface area contributed by atoms with Gasteiger partial charge < -0.3 is 14.4 Å². The van der Waals surface area contributed by atoms with Crippen LogP contribution in [0.5, 0.6) is 0 Å². The Morgan fingerprint density at radius 2 is 2.45 bits per heavy atom. The summed E-state index contributed by atoms with van der Waals surface area (Å²) >= 11 is 0. The van der Waals surface area contributed by atoms with Crippen LogP contribution in [-0.2, 0) is 9.47 Å². The van der Waals surface area contributed by atoms with Gasteiger partial charge in [0.2, 0.25) is 0 Å². The van der Waals surface area contributed by atoms with Gasteiger partial charge in [-0.2, -0.15) is 0 Å². The summed E-state index contributed by atoms with van der Waals surface area (Å²) in [6.07, 6.45) is 0.288. The SMILES string of the molecule is C=C(OC)N1CCO[C@@H](C)C1. The minimum absolute atomic E-state index is 0.288. The van der Waals surface area contributed by atoms with Crippen LogP contribution in [0.3, 0.4) is 0 Å². The fourth-order valence-corrected chi connectivity index (χ4v) is 1.17. The lowest BCUT2D eigenvalue weighted by Crippen LogP contribution is -2.40. The van der Waals surface area contributed by atoms with Crippen LogP contribution in [0.15, 0.2) is 12.5 Å². The lowest BCUT2D eigenvalue weighted by Gasteiger charge is -2.32. The van der Waals surface area contributed by atoms with Crippen LogP contribution in [0.4, 0.5) is 0 Å². The molecule has 1 rings (SSSR count). The number of hydrogen-bond donors (Lipinski definition) is 0. The second kappa shape index (κ2) is 3.62. The molecule has 3 nitrogen and oxygen atoms in total. The molecule has 0 aromatic rings. The van der Waals surface area contributed by atoms with Crippen LogP contribution >= 0.6 is 0 Å². The fraction of sp³-hybridized carbons (Fsp3) is 0.750. The molecule has 0 amide bonds. The lowest BCUT2D eigenvalue weighted by molar-refractivity contribution is -0.0252. The van der Waals surface area contributed by atoms with Crippen LogP contribution in [0, 0.1) is 0 Å². The Bertz CT molecular complexity index is 147. The first-order valence-electron chi connectivity index (χ1n) is 3.83. The molecule has 64 valence electrons. The fourth-order valence-electron chi connectivity index (χ4n) is 1.17. The molecule has 1 fully saturated rings. The molecule has 3 heteroatoms. The highest BCUT2D eigenvalue weighted by atomic mass is 16.5. The van der Waals surface area contributed by atoms with Crippen LogP contribution < -0.4 is 0 Å². The maximum atomic E-state index is 5.36. The largest absolute Gasteiger partial charge is 0.483 e. The van der Waals surface area contributed by atoms with Crippen LogP contribution in [0.1, 0.15) is 6.92 Å². The third-order valence-corrected chi connectivity index (χ3v) is 1.83. The zero-order valence-electron chi connectivity index (χ0n) is 7.17. The number of nitrogens with zero attached hydrogens (tertiary/aromatic N) is 1. The highest BCUT2D eigenvalue weighted by molar-refractivity contribution is 4.85. The molecule has 0 aromatic carbocycles. The summed E-state index contributed by atoms with van der Waals surface area (Å²) in [4.78, 5) is 2.09. The van der Waals surface area contributed by atoms with Gasteiger partial charge in [0.25, 0.3) is 0 Å². The molecule has 1 aliphatic rings. The number of rotatable bonds is 2. The third-order valence-electron chi connectivity index (χ3n) is 1.83. The zero-order chi connectivity index (χ0) is 8.27. The molecule has 0 radical (unpaired) electrons. The number of morpholine rings is 1. The second-order valence-corrected chi connectivity index (χ2v) is 2.73. The molecule has 1 aliphatic heterocycles. The standard InChI is InChI=1S/C8H15NO2/c1-7-6-9(4-5-11-7)8(2)10-3/h7H,2,4-6H2,1,3H3/t7-/m0/s1. The van der Waals surface area contributed by atoms with Crippen molar-refractivity contribution in [2.24, 2.45) is 0 Å². The lowest BCUT2D eigenvalue weighted by atomic mass is 10.3. The van der Waals surface area contributed by atoms with E-state index in [1.807, 2.05) is 0 Å². The monoisotopic (exact) mass is 157 g/mol. The van der Waals surface area contributed by atoms with Crippen molar-refractivity contribution in [1.82, 2.24) is 4.90 Å². The molecule has 0 saturated carbocycles. The van der Waals surface area contributed by atoms with E-state index in [1.54, 1.807) is 7.11 Å². The van der Waals surface area contributed by atoms with Crippen molar-refractivity contribution in [3.05, 3.63) is 12.5 Å². The van der Waals surface area contributed by atoms with E-state index >= 15 is 0 Å². The number of ether oxygens (including phenoxy) is 2. The van der Waals surface area contributed by atoms with Gasteiger partial charge in [-0.15, -0.1) is 0 Å². The van der Waals surface area contributed by atoms with Gasteiger partial charge in [-0.05, 0) is 13.5 Å². The van der Waals surface area contributed by atoms with Gasteiger partial charge in [0, 0.05) is 13.1 Å². The van der Waals surface area contributed by atoms with E-state index < -0.39 is 0 Å². The van der Waals surface area contributed by atoms with Gasteiger partial charge in [0.15, 0.2) is 5.88 Å². The quantitative estimate of drug-likeness (QED) is 0.554. The molecular weight excluding hydrogens is 142 g/mol. The molecule has 1 heterocycles. The van der Waals surface area contributed by atoms with Gasteiger partial charge in [0.05, 0.1) is 19.8 Å². The summed E-state index contributed by atoms with van der Waals surface area (Å²) in [5.74, 6) is 0.736. The average Bonchev–Trinajstić information content (AvgIpc) is 2.03. The third kappa shape index (κ3) is 2.12. The molecule has 0 spiro atoms. The summed E-state index contributed by atoms with van der Waals surface area (Å²) in [5, 5.41) is 0. The first-order valence-corrected chi connectivity index (χ1v) is 3.83. The Hall–Kier alpha value is -0.700. The Labute approximate surface area is 67.6 Å². The number of methoxy groups -OCH3 is 1. The van der Waals surface area contributed by atoms with Gasteiger partial charge in [-0.1, -0.05) is 0 Å². The average molecular weight is 157 g/mol. The zero-order valence-corrected chi connectivity index (χ0v) is 7.17. The molecule has 0 N–H and O–H groups in total. The minimum Gasteiger partial charge on any atom is -0.483 e. The van der Waals surface area contributed by atoms with E-state index in [0.717, 1.165) is 25.6 Å². The molecule has 0 bridgehead atoms. The Kier molecular flexibility index (Phi) is 2.76. The molecule has 0 aromatic heterocycles. The Balaban J connectivity index is 2.39. The van der Waals surface area contributed by atoms with Gasteiger partial charge in [-0.25, -0.2) is 0 Å². The highest BCUT2D eigenvalue weighted by Gasteiger charge is 2.17. The summed E-state index contributed by atoms with van der Waals surface area (Å²) in [6, 6.07) is 0. The molecule has 1 atom stereocenters. The van der Waals surface area contributed by atoms with E-state index in [1.165, 1.54) is 0 Å². The Morgan fingerprint density at radius 1 is 1.73 bits per heavy atom. The topological polar surface area (TPSA) is 21.7 Å². The molecule has 0 unspecified atom stereocenters. The molecule has 1 saturated heterocycles. The van der Waals surface area contributed by atoms with Crippen LogP contribution in [0.2, 0.25) is 0 Å². The van der Waals surface area contributed by atoms with E-state index in [0.29, 0.717) is 0 Å². The summed E-state index contributed by atoms with van der Waals surface area (Å²) in [7, 11) is 1.64. The van der Waals surface area contributed by atoms with Crippen molar-refractivity contribution in [3.8, 4) is 0 Å². The summed E-state index contributed by atoms with van der Waals surface area (Å²) < 4.78 is 10.4. The maximum Gasteiger partial charge on any atom is 0.181 e. The van der Waals surface area contributed by atoms with Crippen molar-refractivity contribution < 1.29 is 9.47 Å². The number of hydrogen-bond acceptors (Lipinski definition) is 3. The first kappa shape index (κ1) is 8.40. The first-order chi connectivity index (χ1) is 5.24. The van der Waals surface area contributed by atoms with Crippen LogP contribution in [-0.4, -0.2) is 37.8 Å². The normalized spacial score (nSPS) is 24.9. The molecular formula is C8H15NO2. The van der Waals surface area contributed by atoms with E-state index in [4.69, 9.17) is 9.47 Å². The van der Waals surface area contributed by atoms with Crippen LogP contribution in [0.25, 0.3) is 0 Å². The van der Waals surface area contributed by atoms with Crippen molar-refractivity contribution in [3.63, 3.8) is 0 Å². The van der Waals surface area contributed by atoms with Crippen molar-refractivity contribution in [2.45, 2.75) is 13.0 Å². The van der Waals surface area contributed by atoms with Gasteiger partial charge in [0.1, 0.15) is 0 Å². The van der Waals surface area contributed by atoms with Gasteiger partial charge >= 0.3 is 0 Å². The summed E-state index contributed by atoms with van der Waals surface area (Å²) in [6.45, 7) is 8.37. The van der Waals surface area contributed by atoms with Crippen molar-refractivity contribution in [1.29, 1.82) is 0 Å². The van der Waals surface area contributed by atoms with E-state index in [9.17, 15) is 0 Å². The predicted octanol–water partition coefficient (Wildman–Crippen LogP) is 0.825. The van der Waals surface area contributed by atoms with Crippen molar-refractivity contribution in [2.75, 3.05) is 26.8 Å². The smallest absolute Gasteiger partial charge is 0.181 e. The van der Waals surface area contributed by atoms with Gasteiger partial charge in [-0.3, -0.25) is 0 Å². The predicted molar refractivity (Wildman–Crippen MR) is 43.1 cm³/mol. The maximum absolute atomic E-state index is 5.36. The Morgan fingerprint density at radius 3 is 3.00 bits per heavy atom. The second-order valence-electron chi connectivity index (χ2n) is 2.73. The molecule has 0 aliphatic carbocycles. The van der Waals surface area contributed by atoms with Crippen molar-refractivity contribution >= 4 is 0 Å².